The average Bonchev–Trinajstić information content (AvgIpc) is 2.26. The highest BCUT2D eigenvalue weighted by atomic mass is 32.2. The molecule has 96 valence electrons. The van der Waals surface area contributed by atoms with Crippen LogP contribution in [0.15, 0.2) is 23.1 Å². The van der Waals surface area contributed by atoms with Gasteiger partial charge in [-0.2, -0.15) is 0 Å². The highest BCUT2D eigenvalue weighted by molar-refractivity contribution is 7.90. The molecule has 0 heterocycles. The number of para-hydroxylation sites is 1. The molecule has 0 bridgehead atoms. The summed E-state index contributed by atoms with van der Waals surface area (Å²) in [5.74, 6) is 0. The maximum absolute atomic E-state index is 11.5. The maximum Gasteiger partial charge on any atom is 0.177 e. The first kappa shape index (κ1) is 13.8. The van der Waals surface area contributed by atoms with Gasteiger partial charge in [0, 0.05) is 12.3 Å². The number of anilines is 2. The molecule has 4 nitrogen and oxygen atoms in total. The Kier molecular flexibility index (Phi) is 4.40. The minimum absolute atomic E-state index is 0.188. The molecule has 0 spiro atoms. The zero-order chi connectivity index (χ0) is 13.1. The number of hydrogen-bond acceptors (Lipinski definition) is 4. The molecule has 0 saturated heterocycles. The molecule has 0 saturated carbocycles. The van der Waals surface area contributed by atoms with Crippen LogP contribution < -0.4 is 11.1 Å². The van der Waals surface area contributed by atoms with E-state index in [2.05, 4.69) is 19.2 Å². The van der Waals surface area contributed by atoms with Crippen LogP contribution in [0, 0.1) is 0 Å². The van der Waals surface area contributed by atoms with E-state index in [1.165, 1.54) is 12.3 Å². The Morgan fingerprint density at radius 3 is 2.35 bits per heavy atom. The van der Waals surface area contributed by atoms with Crippen LogP contribution in [0.2, 0.25) is 0 Å². The fraction of sp³-hybridized carbons (Fsp3) is 0.500. The third kappa shape index (κ3) is 3.36. The molecule has 1 rings (SSSR count). The van der Waals surface area contributed by atoms with Crippen LogP contribution in [0.1, 0.15) is 26.7 Å². The van der Waals surface area contributed by atoms with Crippen LogP contribution in [0.4, 0.5) is 11.4 Å². The largest absolute Gasteiger partial charge is 0.396 e. The molecule has 0 aromatic heterocycles. The summed E-state index contributed by atoms with van der Waals surface area (Å²) in [6.45, 7) is 4.16. The molecular formula is C12H20N2O2S. The predicted octanol–water partition coefficient (Wildman–Crippen LogP) is 2.27. The minimum atomic E-state index is -3.27. The molecule has 0 radical (unpaired) electrons. The minimum Gasteiger partial charge on any atom is -0.396 e. The van der Waals surface area contributed by atoms with Gasteiger partial charge in [-0.15, -0.1) is 0 Å². The van der Waals surface area contributed by atoms with Crippen LogP contribution in [0.5, 0.6) is 0 Å². The summed E-state index contributed by atoms with van der Waals surface area (Å²) in [6, 6.07) is 5.36. The van der Waals surface area contributed by atoms with Crippen molar-refractivity contribution in [1.29, 1.82) is 0 Å². The van der Waals surface area contributed by atoms with Crippen molar-refractivity contribution < 1.29 is 8.42 Å². The average molecular weight is 256 g/mol. The second-order valence-electron chi connectivity index (χ2n) is 4.15. The Morgan fingerprint density at radius 2 is 1.88 bits per heavy atom. The molecule has 0 aliphatic rings. The normalized spacial score (nSPS) is 11.8. The Labute approximate surface area is 103 Å². The van der Waals surface area contributed by atoms with Gasteiger partial charge in [0.05, 0.1) is 16.3 Å². The zero-order valence-corrected chi connectivity index (χ0v) is 11.3. The second kappa shape index (κ2) is 5.40. The Balaban J connectivity index is 3.11. The lowest BCUT2D eigenvalue weighted by Gasteiger charge is -2.18. The number of nitrogens with one attached hydrogen (secondary N) is 1. The van der Waals surface area contributed by atoms with E-state index in [0.717, 1.165) is 12.8 Å². The summed E-state index contributed by atoms with van der Waals surface area (Å²) < 4.78 is 23.0. The lowest BCUT2D eigenvalue weighted by atomic mass is 10.1. The fourth-order valence-corrected chi connectivity index (χ4v) is 2.54. The van der Waals surface area contributed by atoms with E-state index < -0.39 is 9.84 Å². The van der Waals surface area contributed by atoms with Gasteiger partial charge in [-0.05, 0) is 25.0 Å². The number of hydrogen-bond donors (Lipinski definition) is 2. The molecule has 1 aromatic carbocycles. The first-order chi connectivity index (χ1) is 7.90. The highest BCUT2D eigenvalue weighted by Crippen LogP contribution is 2.27. The third-order valence-corrected chi connectivity index (χ3v) is 3.97. The van der Waals surface area contributed by atoms with Crippen molar-refractivity contribution in [2.24, 2.45) is 0 Å². The maximum atomic E-state index is 11.5. The van der Waals surface area contributed by atoms with Crippen molar-refractivity contribution in [3.63, 3.8) is 0 Å². The lowest BCUT2D eigenvalue weighted by Crippen LogP contribution is -2.18. The summed E-state index contributed by atoms with van der Waals surface area (Å²) >= 11 is 0. The number of nitrogen functional groups attached to an aromatic ring is 1. The molecular weight excluding hydrogens is 236 g/mol. The van der Waals surface area contributed by atoms with Gasteiger partial charge >= 0.3 is 0 Å². The van der Waals surface area contributed by atoms with Gasteiger partial charge in [0.1, 0.15) is 0 Å². The van der Waals surface area contributed by atoms with Crippen LogP contribution in [-0.2, 0) is 9.84 Å². The van der Waals surface area contributed by atoms with Crippen LogP contribution in [0.3, 0.4) is 0 Å². The molecule has 0 aliphatic carbocycles. The van der Waals surface area contributed by atoms with Gasteiger partial charge in [0.2, 0.25) is 0 Å². The molecule has 3 N–H and O–H groups in total. The predicted molar refractivity (Wildman–Crippen MR) is 72.0 cm³/mol. The Morgan fingerprint density at radius 1 is 1.29 bits per heavy atom. The fourth-order valence-electron chi connectivity index (χ4n) is 1.71. The number of benzene rings is 1. The molecule has 1 aromatic rings. The third-order valence-electron chi connectivity index (χ3n) is 2.81. The van der Waals surface area contributed by atoms with E-state index in [4.69, 9.17) is 5.73 Å². The summed E-state index contributed by atoms with van der Waals surface area (Å²) in [4.78, 5) is 0.188. The van der Waals surface area contributed by atoms with Crippen molar-refractivity contribution in [2.75, 3.05) is 17.3 Å². The first-order valence-corrected chi connectivity index (χ1v) is 7.64. The number of rotatable bonds is 5. The topological polar surface area (TPSA) is 72.2 Å². The van der Waals surface area contributed by atoms with Crippen molar-refractivity contribution in [3.8, 4) is 0 Å². The van der Waals surface area contributed by atoms with Crippen LogP contribution in [0.25, 0.3) is 0 Å². The Bertz CT molecular complexity index is 479. The smallest absolute Gasteiger partial charge is 0.177 e. The van der Waals surface area contributed by atoms with E-state index in [1.807, 2.05) is 6.07 Å². The van der Waals surface area contributed by atoms with E-state index >= 15 is 0 Å². The van der Waals surface area contributed by atoms with E-state index in [-0.39, 0.29) is 4.90 Å². The second-order valence-corrected chi connectivity index (χ2v) is 6.13. The molecule has 0 fully saturated rings. The van der Waals surface area contributed by atoms with Crippen molar-refractivity contribution >= 4 is 21.2 Å². The number of sulfone groups is 1. The highest BCUT2D eigenvalue weighted by Gasteiger charge is 2.15. The van der Waals surface area contributed by atoms with E-state index in [0.29, 0.717) is 17.4 Å². The van der Waals surface area contributed by atoms with E-state index in [1.54, 1.807) is 6.07 Å². The van der Waals surface area contributed by atoms with Gasteiger partial charge in [0.15, 0.2) is 9.84 Å². The van der Waals surface area contributed by atoms with Gasteiger partial charge in [0.25, 0.3) is 0 Å². The van der Waals surface area contributed by atoms with Crippen molar-refractivity contribution in [1.82, 2.24) is 0 Å². The van der Waals surface area contributed by atoms with Gasteiger partial charge in [-0.25, -0.2) is 8.42 Å². The molecule has 17 heavy (non-hydrogen) atoms. The number of nitrogens with two attached hydrogens (primary N) is 1. The van der Waals surface area contributed by atoms with Crippen LogP contribution >= 0.6 is 0 Å². The quantitative estimate of drug-likeness (QED) is 0.793. The lowest BCUT2D eigenvalue weighted by molar-refractivity contribution is 0.602. The van der Waals surface area contributed by atoms with Crippen molar-refractivity contribution in [2.45, 2.75) is 37.6 Å². The summed E-state index contributed by atoms with van der Waals surface area (Å²) in [5, 5.41) is 3.27. The van der Waals surface area contributed by atoms with E-state index in [9.17, 15) is 8.42 Å². The first-order valence-electron chi connectivity index (χ1n) is 5.75. The zero-order valence-electron chi connectivity index (χ0n) is 10.5. The van der Waals surface area contributed by atoms with Gasteiger partial charge < -0.3 is 11.1 Å². The van der Waals surface area contributed by atoms with Crippen molar-refractivity contribution in [3.05, 3.63) is 18.2 Å². The monoisotopic (exact) mass is 256 g/mol. The summed E-state index contributed by atoms with van der Waals surface area (Å²) in [5.41, 5.74) is 6.89. The summed E-state index contributed by atoms with van der Waals surface area (Å²) in [6.07, 6.45) is 3.11. The molecule has 0 amide bonds. The molecule has 5 heteroatoms. The molecule has 0 atom stereocenters. The Hall–Kier alpha value is -1.23. The summed E-state index contributed by atoms with van der Waals surface area (Å²) in [7, 11) is -3.27. The standard InChI is InChI=1S/C12H20N2O2S/c1-4-9(5-2)14-10-7-6-8-11(12(10)13)17(3,15)16/h6-9,14H,4-5,13H2,1-3H3. The van der Waals surface area contributed by atoms with Gasteiger partial charge in [-0.1, -0.05) is 19.9 Å². The molecule has 0 aliphatic heterocycles. The SMILES string of the molecule is CCC(CC)Nc1cccc(S(C)(=O)=O)c1N. The van der Waals surface area contributed by atoms with Gasteiger partial charge in [-0.3, -0.25) is 0 Å². The molecule has 0 unspecified atom stereocenters. The van der Waals surface area contributed by atoms with Crippen LogP contribution in [-0.4, -0.2) is 20.7 Å².